The second-order valence-corrected chi connectivity index (χ2v) is 5.04. The van der Waals surface area contributed by atoms with Gasteiger partial charge < -0.3 is 4.74 Å². The average molecular weight is 298 g/mol. The molecular weight excluding hydrogens is 283 g/mol. The first kappa shape index (κ1) is 14.3. The van der Waals surface area contributed by atoms with Crippen molar-refractivity contribution in [3.63, 3.8) is 0 Å². The molecule has 0 unspecified atom stereocenters. The number of esters is 1. The third-order valence-corrected chi connectivity index (χ3v) is 3.61. The van der Waals surface area contributed by atoms with Crippen molar-refractivity contribution in [3.8, 4) is 11.3 Å². The summed E-state index contributed by atoms with van der Waals surface area (Å²) in [6, 6.07) is 12.6. The van der Waals surface area contributed by atoms with Gasteiger partial charge in [-0.3, -0.25) is 9.48 Å². The quantitative estimate of drug-likeness (QED) is 0.697. The fraction of sp³-hybridized carbons (Fsp3) is 0.176. The number of para-hydroxylation sites is 1. The number of methoxy groups -OCH3 is 1. The number of carbonyl (C=O) groups excluding carboxylic acids is 1. The van der Waals surface area contributed by atoms with E-state index in [0.717, 1.165) is 10.9 Å². The Morgan fingerprint density at radius 2 is 2.00 bits per heavy atom. The van der Waals surface area contributed by atoms with Gasteiger partial charge in [-0.15, -0.1) is 0 Å². The first-order valence-corrected chi connectivity index (χ1v) is 6.89. The summed E-state index contributed by atoms with van der Waals surface area (Å²) in [7, 11) is 1.33. The van der Waals surface area contributed by atoms with Crippen LogP contribution in [-0.4, -0.2) is 22.9 Å². The van der Waals surface area contributed by atoms with Crippen molar-refractivity contribution in [2.45, 2.75) is 13.5 Å². The first-order chi connectivity index (χ1) is 10.6. The van der Waals surface area contributed by atoms with Crippen LogP contribution in [0.1, 0.15) is 5.56 Å². The number of halogens is 1. The van der Waals surface area contributed by atoms with E-state index in [0.29, 0.717) is 16.8 Å². The van der Waals surface area contributed by atoms with Gasteiger partial charge in [-0.1, -0.05) is 30.3 Å². The molecule has 0 aliphatic carbocycles. The molecule has 3 rings (SSSR count). The summed E-state index contributed by atoms with van der Waals surface area (Å²) in [5.74, 6) is -0.694. The average Bonchev–Trinajstić information content (AvgIpc) is 2.89. The number of rotatable bonds is 3. The zero-order chi connectivity index (χ0) is 15.7. The number of aromatic nitrogens is 2. The lowest BCUT2D eigenvalue weighted by Gasteiger charge is -2.03. The van der Waals surface area contributed by atoms with Gasteiger partial charge in [-0.2, -0.15) is 5.10 Å². The number of hydrogen-bond acceptors (Lipinski definition) is 3. The molecule has 112 valence electrons. The lowest BCUT2D eigenvalue weighted by molar-refractivity contribution is -0.141. The highest BCUT2D eigenvalue weighted by Crippen LogP contribution is 2.30. The van der Waals surface area contributed by atoms with Gasteiger partial charge >= 0.3 is 5.97 Å². The Morgan fingerprint density at radius 1 is 1.23 bits per heavy atom. The van der Waals surface area contributed by atoms with Crippen molar-refractivity contribution in [2.75, 3.05) is 7.11 Å². The molecule has 0 saturated carbocycles. The predicted octanol–water partition coefficient (Wildman–Crippen LogP) is 3.32. The smallest absolute Gasteiger partial charge is 0.327 e. The van der Waals surface area contributed by atoms with Crippen LogP contribution in [0.5, 0.6) is 0 Å². The molecule has 1 aromatic heterocycles. The maximum atomic E-state index is 14.4. The van der Waals surface area contributed by atoms with Crippen molar-refractivity contribution in [1.29, 1.82) is 0 Å². The maximum absolute atomic E-state index is 14.4. The van der Waals surface area contributed by atoms with Crippen LogP contribution in [-0.2, 0) is 16.1 Å². The van der Waals surface area contributed by atoms with E-state index in [9.17, 15) is 9.18 Å². The molecule has 0 bridgehead atoms. The molecule has 22 heavy (non-hydrogen) atoms. The van der Waals surface area contributed by atoms with Crippen LogP contribution in [0.2, 0.25) is 0 Å². The maximum Gasteiger partial charge on any atom is 0.327 e. The minimum absolute atomic E-state index is 0.00948. The Labute approximate surface area is 127 Å². The van der Waals surface area contributed by atoms with E-state index >= 15 is 0 Å². The molecule has 4 nitrogen and oxygen atoms in total. The van der Waals surface area contributed by atoms with Crippen molar-refractivity contribution >= 4 is 16.9 Å². The minimum Gasteiger partial charge on any atom is -0.468 e. The lowest BCUT2D eigenvalue weighted by atomic mass is 10.0. The van der Waals surface area contributed by atoms with E-state index < -0.39 is 5.97 Å². The van der Waals surface area contributed by atoms with Gasteiger partial charge in [0, 0.05) is 10.9 Å². The summed E-state index contributed by atoms with van der Waals surface area (Å²) in [4.78, 5) is 11.5. The lowest BCUT2D eigenvalue weighted by Crippen LogP contribution is -2.12. The topological polar surface area (TPSA) is 44.1 Å². The van der Waals surface area contributed by atoms with E-state index in [4.69, 9.17) is 0 Å². The number of carbonyl (C=O) groups is 1. The fourth-order valence-corrected chi connectivity index (χ4v) is 2.46. The van der Waals surface area contributed by atoms with Gasteiger partial charge in [0.25, 0.3) is 0 Å². The monoisotopic (exact) mass is 298 g/mol. The molecule has 3 aromatic rings. The molecule has 0 saturated heterocycles. The zero-order valence-corrected chi connectivity index (χ0v) is 12.3. The second-order valence-electron chi connectivity index (χ2n) is 5.04. The largest absolute Gasteiger partial charge is 0.468 e. The molecule has 0 N–H and O–H groups in total. The highest BCUT2D eigenvalue weighted by atomic mass is 19.1. The summed E-state index contributed by atoms with van der Waals surface area (Å²) in [5, 5.41) is 5.23. The van der Waals surface area contributed by atoms with Gasteiger partial charge in [0.05, 0.1) is 12.6 Å². The number of fused-ring (bicyclic) bond motifs is 1. The molecule has 0 radical (unpaired) electrons. The second kappa shape index (κ2) is 5.60. The van der Waals surface area contributed by atoms with Crippen LogP contribution < -0.4 is 0 Å². The van der Waals surface area contributed by atoms with Crippen LogP contribution in [0.15, 0.2) is 42.5 Å². The molecule has 0 spiro atoms. The van der Waals surface area contributed by atoms with Gasteiger partial charge in [0.15, 0.2) is 0 Å². The highest BCUT2D eigenvalue weighted by Gasteiger charge is 2.17. The highest BCUT2D eigenvalue weighted by molar-refractivity contribution is 5.94. The summed E-state index contributed by atoms with van der Waals surface area (Å²) in [6.07, 6.45) is 0. The van der Waals surface area contributed by atoms with Gasteiger partial charge in [-0.05, 0) is 24.6 Å². The zero-order valence-electron chi connectivity index (χ0n) is 12.3. The van der Waals surface area contributed by atoms with Gasteiger partial charge in [0.1, 0.15) is 18.1 Å². The van der Waals surface area contributed by atoms with Gasteiger partial charge in [0.2, 0.25) is 0 Å². The Balaban J connectivity index is 2.22. The van der Waals surface area contributed by atoms with Gasteiger partial charge in [-0.25, -0.2) is 4.39 Å². The van der Waals surface area contributed by atoms with E-state index in [1.165, 1.54) is 11.8 Å². The molecular formula is C17H15FN2O2. The molecule has 0 fully saturated rings. The van der Waals surface area contributed by atoms with E-state index in [1.807, 2.05) is 24.3 Å². The van der Waals surface area contributed by atoms with Crippen molar-refractivity contribution in [2.24, 2.45) is 0 Å². The van der Waals surface area contributed by atoms with E-state index in [2.05, 4.69) is 9.84 Å². The number of nitrogens with zero attached hydrogens (tertiary/aromatic N) is 2. The van der Waals surface area contributed by atoms with Crippen molar-refractivity contribution < 1.29 is 13.9 Å². The molecule has 0 aliphatic rings. The Hall–Kier alpha value is -2.69. The number of benzene rings is 2. The molecule has 2 aromatic carbocycles. The van der Waals surface area contributed by atoms with Crippen molar-refractivity contribution in [3.05, 3.63) is 53.8 Å². The normalized spacial score (nSPS) is 10.9. The molecule has 5 heteroatoms. The molecule has 0 atom stereocenters. The van der Waals surface area contributed by atoms with Crippen LogP contribution in [0.3, 0.4) is 0 Å². The Morgan fingerprint density at radius 3 is 2.77 bits per heavy atom. The predicted molar refractivity (Wildman–Crippen MR) is 81.9 cm³/mol. The third kappa shape index (κ3) is 2.35. The number of hydrogen-bond donors (Lipinski definition) is 0. The Kier molecular flexibility index (Phi) is 3.63. The standard InChI is InChI=1S/C17H15FN2O2/c1-11-6-5-8-13(16(11)18)17-12-7-3-4-9-14(12)20(19-17)10-15(21)22-2/h3-9H,10H2,1-2H3. The van der Waals surface area contributed by atoms with Crippen LogP contribution >= 0.6 is 0 Å². The number of ether oxygens (including phenoxy) is 1. The summed E-state index contributed by atoms with van der Waals surface area (Å²) < 4.78 is 20.6. The van der Waals surface area contributed by atoms with E-state index in [1.54, 1.807) is 25.1 Å². The summed E-state index contributed by atoms with van der Waals surface area (Å²) >= 11 is 0. The van der Waals surface area contributed by atoms with Crippen LogP contribution in [0.25, 0.3) is 22.2 Å². The van der Waals surface area contributed by atoms with Crippen molar-refractivity contribution in [1.82, 2.24) is 9.78 Å². The molecule has 0 aliphatic heterocycles. The molecule has 0 amide bonds. The summed E-state index contributed by atoms with van der Waals surface area (Å²) in [5.41, 5.74) is 2.29. The SMILES string of the molecule is COC(=O)Cn1nc(-c2cccc(C)c2F)c2ccccc21. The fourth-order valence-electron chi connectivity index (χ4n) is 2.46. The van der Waals surface area contributed by atoms with E-state index in [-0.39, 0.29) is 12.4 Å². The Bertz CT molecular complexity index is 855. The van der Waals surface area contributed by atoms with Crippen LogP contribution in [0.4, 0.5) is 4.39 Å². The number of aryl methyl sites for hydroxylation is 1. The molecule has 1 heterocycles. The summed E-state index contributed by atoms with van der Waals surface area (Å²) in [6.45, 7) is 1.71. The third-order valence-electron chi connectivity index (χ3n) is 3.61. The van der Waals surface area contributed by atoms with Crippen LogP contribution in [0, 0.1) is 12.7 Å². The first-order valence-electron chi connectivity index (χ1n) is 6.89. The minimum atomic E-state index is -0.399.